The van der Waals surface area contributed by atoms with Crippen LogP contribution in [0.25, 0.3) is 0 Å². The van der Waals surface area contributed by atoms with E-state index in [0.29, 0.717) is 22.5 Å². The van der Waals surface area contributed by atoms with Gasteiger partial charge in [-0.05, 0) is 43.4 Å². The standard InChI is InChI=1S/C13H16BrNO4S/c1-8-11(14)5-10(13(16)17)6-12(8)20(18,19)15-7-9-3-2-4-9/h5-6,9,15H,2-4,7H2,1H3,(H,16,17). The molecule has 1 aromatic carbocycles. The van der Waals surface area contributed by atoms with Crippen LogP contribution in [0.5, 0.6) is 0 Å². The second-order valence-electron chi connectivity index (χ2n) is 5.04. The average molecular weight is 362 g/mol. The number of carbonyl (C=O) groups is 1. The van der Waals surface area contributed by atoms with Crippen molar-refractivity contribution < 1.29 is 18.3 Å². The maximum Gasteiger partial charge on any atom is 0.335 e. The van der Waals surface area contributed by atoms with Gasteiger partial charge in [0.05, 0.1) is 10.5 Å². The predicted molar refractivity (Wildman–Crippen MR) is 78.4 cm³/mol. The zero-order chi connectivity index (χ0) is 14.9. The Morgan fingerprint density at radius 2 is 2.10 bits per heavy atom. The van der Waals surface area contributed by atoms with Crippen molar-refractivity contribution in [2.24, 2.45) is 5.92 Å². The lowest BCUT2D eigenvalue weighted by atomic mass is 9.86. The summed E-state index contributed by atoms with van der Waals surface area (Å²) in [6.07, 6.45) is 3.23. The van der Waals surface area contributed by atoms with Crippen molar-refractivity contribution in [3.05, 3.63) is 27.7 Å². The van der Waals surface area contributed by atoms with Crippen molar-refractivity contribution in [2.45, 2.75) is 31.1 Å². The number of hydrogen-bond acceptors (Lipinski definition) is 3. The topological polar surface area (TPSA) is 83.5 Å². The highest BCUT2D eigenvalue weighted by molar-refractivity contribution is 9.10. The third-order valence-electron chi connectivity index (χ3n) is 3.62. The van der Waals surface area contributed by atoms with Crippen LogP contribution in [0.3, 0.4) is 0 Å². The lowest BCUT2D eigenvalue weighted by Gasteiger charge is -2.25. The van der Waals surface area contributed by atoms with Crippen molar-refractivity contribution in [1.29, 1.82) is 0 Å². The van der Waals surface area contributed by atoms with Gasteiger partial charge in [-0.3, -0.25) is 0 Å². The fraction of sp³-hybridized carbons (Fsp3) is 0.462. The lowest BCUT2D eigenvalue weighted by Crippen LogP contribution is -2.32. The molecular formula is C13H16BrNO4S. The molecule has 0 aliphatic heterocycles. The molecule has 2 N–H and O–H groups in total. The van der Waals surface area contributed by atoms with Gasteiger partial charge in [0.15, 0.2) is 0 Å². The highest BCUT2D eigenvalue weighted by Crippen LogP contribution is 2.28. The zero-order valence-corrected chi connectivity index (χ0v) is 13.4. The Bertz CT molecular complexity index is 638. The number of rotatable bonds is 5. The third kappa shape index (κ3) is 3.21. The summed E-state index contributed by atoms with van der Waals surface area (Å²) in [6.45, 7) is 2.06. The fourth-order valence-electron chi connectivity index (χ4n) is 2.06. The quantitative estimate of drug-likeness (QED) is 0.843. The molecule has 1 aliphatic carbocycles. The van der Waals surface area contributed by atoms with Gasteiger partial charge in [-0.1, -0.05) is 22.4 Å². The molecule has 0 saturated heterocycles. The van der Waals surface area contributed by atoms with Crippen molar-refractivity contribution in [3.8, 4) is 0 Å². The smallest absolute Gasteiger partial charge is 0.335 e. The van der Waals surface area contributed by atoms with Gasteiger partial charge in [-0.25, -0.2) is 17.9 Å². The molecule has 1 aromatic rings. The summed E-state index contributed by atoms with van der Waals surface area (Å²) in [5.74, 6) is -0.752. The molecule has 0 amide bonds. The maximum atomic E-state index is 12.3. The zero-order valence-electron chi connectivity index (χ0n) is 11.0. The van der Waals surface area contributed by atoms with Gasteiger partial charge in [-0.2, -0.15) is 0 Å². The van der Waals surface area contributed by atoms with Crippen LogP contribution in [0.1, 0.15) is 35.2 Å². The molecule has 0 spiro atoms. The lowest BCUT2D eigenvalue weighted by molar-refractivity contribution is 0.0696. The Morgan fingerprint density at radius 1 is 1.45 bits per heavy atom. The van der Waals surface area contributed by atoms with Gasteiger partial charge in [0.25, 0.3) is 0 Å². The summed E-state index contributed by atoms with van der Waals surface area (Å²) >= 11 is 3.21. The van der Waals surface area contributed by atoms with Gasteiger partial charge < -0.3 is 5.11 Å². The number of sulfonamides is 1. The molecule has 20 heavy (non-hydrogen) atoms. The molecule has 1 aliphatic rings. The molecule has 5 nitrogen and oxygen atoms in total. The van der Waals surface area contributed by atoms with E-state index in [1.54, 1.807) is 6.92 Å². The van der Waals surface area contributed by atoms with Crippen LogP contribution in [0.2, 0.25) is 0 Å². The van der Waals surface area contributed by atoms with Crippen molar-refractivity contribution >= 4 is 31.9 Å². The molecular weight excluding hydrogens is 346 g/mol. The van der Waals surface area contributed by atoms with Gasteiger partial charge >= 0.3 is 5.97 Å². The number of benzene rings is 1. The number of halogens is 1. The SMILES string of the molecule is Cc1c(Br)cc(C(=O)O)cc1S(=O)(=O)NCC1CCC1. The summed E-state index contributed by atoms with van der Waals surface area (Å²) < 4.78 is 27.6. The van der Waals surface area contributed by atoms with E-state index in [1.165, 1.54) is 12.1 Å². The van der Waals surface area contributed by atoms with Crippen molar-refractivity contribution in [1.82, 2.24) is 4.72 Å². The number of hydrogen-bond donors (Lipinski definition) is 2. The summed E-state index contributed by atoms with van der Waals surface area (Å²) in [5.41, 5.74) is 0.461. The first-order chi connectivity index (χ1) is 9.31. The summed E-state index contributed by atoms with van der Waals surface area (Å²) in [6, 6.07) is 2.61. The van der Waals surface area contributed by atoms with Crippen LogP contribution in [-0.4, -0.2) is 26.0 Å². The fourth-order valence-corrected chi connectivity index (χ4v) is 4.06. The molecule has 7 heteroatoms. The second-order valence-corrected chi connectivity index (χ2v) is 7.62. The highest BCUT2D eigenvalue weighted by atomic mass is 79.9. The monoisotopic (exact) mass is 361 g/mol. The molecule has 0 bridgehead atoms. The van der Waals surface area contributed by atoms with Gasteiger partial charge in [0, 0.05) is 11.0 Å². The molecule has 0 aromatic heterocycles. The number of carboxylic acids is 1. The molecule has 0 heterocycles. The van der Waals surface area contributed by atoms with E-state index in [9.17, 15) is 13.2 Å². The first kappa shape index (κ1) is 15.5. The highest BCUT2D eigenvalue weighted by Gasteiger charge is 2.24. The van der Waals surface area contributed by atoms with E-state index in [0.717, 1.165) is 19.3 Å². The summed E-state index contributed by atoms with van der Waals surface area (Å²) in [4.78, 5) is 11.0. The van der Waals surface area contributed by atoms with E-state index >= 15 is 0 Å². The first-order valence-electron chi connectivity index (χ1n) is 6.34. The van der Waals surface area contributed by atoms with E-state index in [4.69, 9.17) is 5.11 Å². The Morgan fingerprint density at radius 3 is 2.60 bits per heavy atom. The Hall–Kier alpha value is -0.920. The normalized spacial score (nSPS) is 15.9. The largest absolute Gasteiger partial charge is 0.478 e. The molecule has 0 unspecified atom stereocenters. The van der Waals surface area contributed by atoms with Crippen LogP contribution in [-0.2, 0) is 10.0 Å². The maximum absolute atomic E-state index is 12.3. The third-order valence-corrected chi connectivity index (χ3v) is 5.99. The Kier molecular flexibility index (Phi) is 4.51. The first-order valence-corrected chi connectivity index (χ1v) is 8.62. The minimum Gasteiger partial charge on any atom is -0.478 e. The predicted octanol–water partition coefficient (Wildman–Crippen LogP) is 2.53. The van der Waals surface area contributed by atoms with E-state index < -0.39 is 16.0 Å². The number of carboxylic acid groups (broad SMARTS) is 1. The van der Waals surface area contributed by atoms with Crippen LogP contribution in [0, 0.1) is 12.8 Å². The van der Waals surface area contributed by atoms with E-state index in [2.05, 4.69) is 20.7 Å². The van der Waals surface area contributed by atoms with Crippen molar-refractivity contribution in [2.75, 3.05) is 6.54 Å². The van der Waals surface area contributed by atoms with E-state index in [1.807, 2.05) is 0 Å². The summed E-state index contributed by atoms with van der Waals surface area (Å²) in [7, 11) is -3.68. The second kappa shape index (κ2) is 5.83. The Balaban J connectivity index is 2.31. The molecule has 2 rings (SSSR count). The van der Waals surface area contributed by atoms with E-state index in [-0.39, 0.29) is 10.5 Å². The minimum atomic E-state index is -3.68. The average Bonchev–Trinajstić information content (AvgIpc) is 2.29. The minimum absolute atomic E-state index is 0.0172. The molecule has 1 fully saturated rings. The number of aromatic carboxylic acids is 1. The van der Waals surface area contributed by atoms with Gasteiger partial charge in [0.1, 0.15) is 0 Å². The Labute approximate surface area is 126 Å². The van der Waals surface area contributed by atoms with Gasteiger partial charge in [-0.15, -0.1) is 0 Å². The molecule has 0 radical (unpaired) electrons. The molecule has 1 saturated carbocycles. The van der Waals surface area contributed by atoms with Gasteiger partial charge in [0.2, 0.25) is 10.0 Å². The molecule has 110 valence electrons. The van der Waals surface area contributed by atoms with Crippen LogP contribution in [0.4, 0.5) is 0 Å². The molecule has 0 atom stereocenters. The van der Waals surface area contributed by atoms with Crippen LogP contribution < -0.4 is 4.72 Å². The van der Waals surface area contributed by atoms with Crippen molar-refractivity contribution in [3.63, 3.8) is 0 Å². The van der Waals surface area contributed by atoms with Crippen LogP contribution in [0.15, 0.2) is 21.5 Å². The number of nitrogens with one attached hydrogen (secondary N) is 1. The van der Waals surface area contributed by atoms with Crippen LogP contribution >= 0.6 is 15.9 Å². The summed E-state index contributed by atoms with van der Waals surface area (Å²) in [5, 5.41) is 9.02.